The van der Waals surface area contributed by atoms with Crippen molar-refractivity contribution in [3.8, 4) is 11.5 Å². The van der Waals surface area contributed by atoms with Crippen LogP contribution < -0.4 is 25.0 Å². The molecule has 1 atom stereocenters. The van der Waals surface area contributed by atoms with Crippen molar-refractivity contribution in [1.29, 1.82) is 0 Å². The van der Waals surface area contributed by atoms with Crippen LogP contribution in [-0.4, -0.2) is 24.8 Å². The smallest absolute Gasteiger partial charge is 0.319 e. The highest BCUT2D eigenvalue weighted by Crippen LogP contribution is 2.35. The summed E-state index contributed by atoms with van der Waals surface area (Å²) in [6.07, 6.45) is 0.812. The number of anilines is 2. The maximum Gasteiger partial charge on any atom is 0.319 e. The van der Waals surface area contributed by atoms with Gasteiger partial charge >= 0.3 is 6.03 Å². The summed E-state index contributed by atoms with van der Waals surface area (Å²) in [5.41, 5.74) is 4.25. The molecule has 3 aromatic rings. The van der Waals surface area contributed by atoms with Crippen LogP contribution in [0.5, 0.6) is 11.5 Å². The molecule has 0 saturated carbocycles. The number of carbonyl (C=O) groups excluding carboxylic acids is 2. The second-order valence-corrected chi connectivity index (χ2v) is 7.93. The van der Waals surface area contributed by atoms with Crippen molar-refractivity contribution in [2.45, 2.75) is 25.9 Å². The third kappa shape index (κ3) is 3.85. The molecule has 3 amide bonds. The third-order valence-electron chi connectivity index (χ3n) is 5.69. The van der Waals surface area contributed by atoms with E-state index in [0.717, 1.165) is 23.2 Å². The zero-order valence-electron chi connectivity index (χ0n) is 17.6. The molecule has 0 unspecified atom stereocenters. The molecule has 0 bridgehead atoms. The van der Waals surface area contributed by atoms with E-state index >= 15 is 0 Å². The Morgan fingerprint density at radius 1 is 1.00 bits per heavy atom. The van der Waals surface area contributed by atoms with Crippen molar-refractivity contribution in [3.63, 3.8) is 0 Å². The van der Waals surface area contributed by atoms with Gasteiger partial charge < -0.3 is 25.0 Å². The molecular weight excluding hydrogens is 406 g/mol. The summed E-state index contributed by atoms with van der Waals surface area (Å²) in [7, 11) is 0. The van der Waals surface area contributed by atoms with E-state index in [9.17, 15) is 9.59 Å². The first-order chi connectivity index (χ1) is 15.6. The number of urea groups is 1. The Morgan fingerprint density at radius 3 is 2.66 bits per heavy atom. The molecule has 0 fully saturated rings. The van der Waals surface area contributed by atoms with Crippen LogP contribution in [0.1, 0.15) is 28.4 Å². The van der Waals surface area contributed by atoms with Gasteiger partial charge in [-0.3, -0.25) is 4.79 Å². The van der Waals surface area contributed by atoms with Crippen LogP contribution in [0.2, 0.25) is 0 Å². The van der Waals surface area contributed by atoms with Gasteiger partial charge in [0.2, 0.25) is 6.79 Å². The van der Waals surface area contributed by atoms with E-state index < -0.39 is 0 Å². The second-order valence-electron chi connectivity index (χ2n) is 7.93. The van der Waals surface area contributed by atoms with Crippen molar-refractivity contribution in [3.05, 3.63) is 83.4 Å². The topological polar surface area (TPSA) is 79.9 Å². The molecule has 3 aromatic carbocycles. The highest BCUT2D eigenvalue weighted by atomic mass is 16.7. The summed E-state index contributed by atoms with van der Waals surface area (Å²) in [4.78, 5) is 27.3. The molecule has 162 valence electrons. The number of ether oxygens (including phenoxy) is 2. The molecule has 0 aliphatic carbocycles. The third-order valence-corrected chi connectivity index (χ3v) is 5.69. The van der Waals surface area contributed by atoms with E-state index in [1.165, 1.54) is 0 Å². The van der Waals surface area contributed by atoms with Crippen molar-refractivity contribution in [2.24, 2.45) is 0 Å². The summed E-state index contributed by atoms with van der Waals surface area (Å²) in [5.74, 6) is 1.26. The minimum Gasteiger partial charge on any atom is -0.454 e. The Balaban J connectivity index is 1.26. The van der Waals surface area contributed by atoms with Gasteiger partial charge in [-0.05, 0) is 54.8 Å². The second kappa shape index (κ2) is 8.26. The van der Waals surface area contributed by atoms with Crippen LogP contribution in [-0.2, 0) is 13.0 Å². The Morgan fingerprint density at radius 2 is 1.81 bits per heavy atom. The predicted molar refractivity (Wildman–Crippen MR) is 121 cm³/mol. The lowest BCUT2D eigenvalue weighted by molar-refractivity contribution is 0.0981. The lowest BCUT2D eigenvalue weighted by Gasteiger charge is -2.23. The molecule has 0 spiro atoms. The quantitative estimate of drug-likeness (QED) is 0.647. The Kier molecular flexibility index (Phi) is 5.15. The number of benzene rings is 3. The van der Waals surface area contributed by atoms with Gasteiger partial charge in [-0.2, -0.15) is 0 Å². The molecule has 2 aliphatic rings. The maximum absolute atomic E-state index is 13.1. The largest absolute Gasteiger partial charge is 0.454 e. The van der Waals surface area contributed by atoms with Gasteiger partial charge in [0.1, 0.15) is 0 Å². The summed E-state index contributed by atoms with van der Waals surface area (Å²) in [5, 5.41) is 5.67. The number of carbonyl (C=O) groups is 2. The van der Waals surface area contributed by atoms with Crippen LogP contribution in [0.15, 0.2) is 66.7 Å². The maximum atomic E-state index is 13.1. The zero-order valence-corrected chi connectivity index (χ0v) is 17.6. The normalized spacial score (nSPS) is 15.9. The number of nitrogens with zero attached hydrogens (tertiary/aromatic N) is 1. The molecular formula is C25H23N3O4. The van der Waals surface area contributed by atoms with Gasteiger partial charge in [0.05, 0.1) is 0 Å². The zero-order chi connectivity index (χ0) is 22.1. The number of hydrogen-bond donors (Lipinski definition) is 2. The molecule has 0 radical (unpaired) electrons. The van der Waals surface area contributed by atoms with Gasteiger partial charge in [0, 0.05) is 35.6 Å². The summed E-state index contributed by atoms with van der Waals surface area (Å²) >= 11 is 0. The average molecular weight is 429 g/mol. The highest BCUT2D eigenvalue weighted by Gasteiger charge is 2.31. The molecule has 2 aliphatic heterocycles. The first kappa shape index (κ1) is 19.9. The molecule has 2 heterocycles. The predicted octanol–water partition coefficient (Wildman–Crippen LogP) is 4.33. The summed E-state index contributed by atoms with van der Waals surface area (Å²) in [6.45, 7) is 2.58. The van der Waals surface area contributed by atoms with Crippen LogP contribution >= 0.6 is 0 Å². The molecule has 0 saturated heterocycles. The highest BCUT2D eigenvalue weighted by molar-refractivity contribution is 6.07. The van der Waals surface area contributed by atoms with E-state index in [0.29, 0.717) is 29.3 Å². The van der Waals surface area contributed by atoms with Gasteiger partial charge in [-0.25, -0.2) is 4.79 Å². The number of rotatable bonds is 4. The summed E-state index contributed by atoms with van der Waals surface area (Å²) in [6, 6.07) is 20.3. The van der Waals surface area contributed by atoms with E-state index in [2.05, 4.69) is 17.6 Å². The number of fused-ring (bicyclic) bond motifs is 2. The fourth-order valence-corrected chi connectivity index (χ4v) is 4.12. The van der Waals surface area contributed by atoms with Gasteiger partial charge in [0.15, 0.2) is 11.5 Å². The lowest BCUT2D eigenvalue weighted by Crippen LogP contribution is -2.35. The first-order valence-electron chi connectivity index (χ1n) is 10.5. The SMILES string of the molecule is C[C@@H]1Cc2ccc(CNC(=O)Nc3ccc4c(c3)OCO4)cc2N1C(=O)c1ccccc1. The Labute approximate surface area is 185 Å². The van der Waals surface area contributed by atoms with Crippen molar-refractivity contribution in [1.82, 2.24) is 5.32 Å². The van der Waals surface area contributed by atoms with E-state index in [1.54, 1.807) is 18.2 Å². The van der Waals surface area contributed by atoms with Crippen LogP contribution in [0, 0.1) is 0 Å². The minimum atomic E-state index is -0.324. The van der Waals surface area contributed by atoms with Crippen LogP contribution in [0.4, 0.5) is 16.2 Å². The van der Waals surface area contributed by atoms with Crippen molar-refractivity contribution < 1.29 is 19.1 Å². The van der Waals surface area contributed by atoms with E-state index in [1.807, 2.05) is 53.4 Å². The summed E-state index contributed by atoms with van der Waals surface area (Å²) < 4.78 is 10.6. The monoisotopic (exact) mass is 429 g/mol. The molecule has 7 heteroatoms. The molecule has 7 nitrogen and oxygen atoms in total. The van der Waals surface area contributed by atoms with E-state index in [4.69, 9.17) is 9.47 Å². The Hall–Kier alpha value is -4.00. The van der Waals surface area contributed by atoms with Crippen LogP contribution in [0.3, 0.4) is 0 Å². The molecule has 0 aromatic heterocycles. The number of hydrogen-bond acceptors (Lipinski definition) is 4. The van der Waals surface area contributed by atoms with Gasteiger partial charge in [-0.15, -0.1) is 0 Å². The molecule has 2 N–H and O–H groups in total. The molecule has 32 heavy (non-hydrogen) atoms. The van der Waals surface area contributed by atoms with Crippen LogP contribution in [0.25, 0.3) is 0 Å². The number of nitrogens with one attached hydrogen (secondary N) is 2. The number of amides is 3. The Bertz CT molecular complexity index is 1180. The average Bonchev–Trinajstić information content (AvgIpc) is 3.40. The van der Waals surface area contributed by atoms with E-state index in [-0.39, 0.29) is 24.8 Å². The minimum absolute atomic E-state index is 0.0116. The lowest BCUT2D eigenvalue weighted by atomic mass is 10.1. The van der Waals surface area contributed by atoms with Gasteiger partial charge in [-0.1, -0.05) is 30.3 Å². The standard InChI is InChI=1S/C25H23N3O4/c1-16-11-19-8-7-17(12-21(19)28(16)24(29)18-5-3-2-4-6-18)14-26-25(30)27-20-9-10-22-23(13-20)32-15-31-22/h2-10,12-13,16H,11,14-15H2,1H3,(H2,26,27,30)/t16-/m1/s1. The van der Waals surface area contributed by atoms with Gasteiger partial charge in [0.25, 0.3) is 5.91 Å². The molecule has 5 rings (SSSR count). The fourth-order valence-electron chi connectivity index (χ4n) is 4.12. The van der Waals surface area contributed by atoms with Crippen molar-refractivity contribution in [2.75, 3.05) is 17.0 Å². The first-order valence-corrected chi connectivity index (χ1v) is 10.5. The van der Waals surface area contributed by atoms with Crippen molar-refractivity contribution >= 4 is 23.3 Å². The fraction of sp³-hybridized carbons (Fsp3) is 0.200.